The van der Waals surface area contributed by atoms with E-state index in [9.17, 15) is 4.79 Å². The molecule has 21 heavy (non-hydrogen) atoms. The lowest BCUT2D eigenvalue weighted by Gasteiger charge is -2.61. The second-order valence-electron chi connectivity index (χ2n) is 9.38. The van der Waals surface area contributed by atoms with E-state index in [1.54, 1.807) is 0 Å². The van der Waals surface area contributed by atoms with Gasteiger partial charge in [-0.1, -0.05) is 40.2 Å². The monoisotopic (exact) mass is 288 g/mol. The zero-order chi connectivity index (χ0) is 15.5. The molecule has 3 saturated carbocycles. The third-order valence-corrected chi connectivity index (χ3v) is 7.63. The first-order valence-corrected chi connectivity index (χ1v) is 8.88. The summed E-state index contributed by atoms with van der Waals surface area (Å²) in [6, 6.07) is 0. The Morgan fingerprint density at radius 1 is 1.14 bits per heavy atom. The van der Waals surface area contributed by atoms with Crippen LogP contribution < -0.4 is 0 Å². The molecule has 0 amide bonds. The molecule has 0 spiro atoms. The average molecular weight is 288 g/mol. The molecule has 0 bridgehead atoms. The molecule has 0 aliphatic heterocycles. The third-order valence-electron chi connectivity index (χ3n) is 7.63. The van der Waals surface area contributed by atoms with Gasteiger partial charge in [-0.2, -0.15) is 0 Å². The topological polar surface area (TPSA) is 17.1 Å². The molecule has 3 aliphatic rings. The Balaban J connectivity index is 1.95. The number of hydrogen-bond donors (Lipinski definition) is 0. The Hall–Kier alpha value is -0.590. The number of ketones is 1. The molecule has 1 nitrogen and oxygen atoms in total. The molecule has 0 radical (unpaired) electrons. The standard InChI is InChI=1S/C20H32O/c1-6-19(4)11-8-15-14(13-19)16(21)12-17-18(2,3)9-7-10-20(15,17)5/h6,14-15,17H,1,7-13H2,2-5H3/t14-,15-,17?,19+,20+/m0/s1. The second kappa shape index (κ2) is 4.70. The Morgan fingerprint density at radius 3 is 2.52 bits per heavy atom. The second-order valence-corrected chi connectivity index (χ2v) is 9.38. The number of carbonyl (C=O) groups excluding carboxylic acids is 1. The Labute approximate surface area is 130 Å². The van der Waals surface area contributed by atoms with Gasteiger partial charge in [-0.25, -0.2) is 0 Å². The van der Waals surface area contributed by atoms with Crippen molar-refractivity contribution in [3.05, 3.63) is 12.7 Å². The first kappa shape index (κ1) is 15.3. The van der Waals surface area contributed by atoms with E-state index in [0.29, 0.717) is 34.4 Å². The van der Waals surface area contributed by atoms with Crippen molar-refractivity contribution in [1.29, 1.82) is 0 Å². The van der Waals surface area contributed by atoms with Crippen molar-refractivity contribution in [2.24, 2.45) is 34.0 Å². The highest BCUT2D eigenvalue weighted by Gasteiger charge is 2.58. The highest BCUT2D eigenvalue weighted by atomic mass is 16.1. The molecule has 5 atom stereocenters. The van der Waals surface area contributed by atoms with Crippen LogP contribution in [0.2, 0.25) is 0 Å². The fourth-order valence-corrected chi connectivity index (χ4v) is 6.22. The van der Waals surface area contributed by atoms with Crippen molar-refractivity contribution in [2.75, 3.05) is 0 Å². The Bertz CT molecular complexity index is 462. The van der Waals surface area contributed by atoms with Crippen LogP contribution in [-0.4, -0.2) is 5.78 Å². The summed E-state index contributed by atoms with van der Waals surface area (Å²) >= 11 is 0. The number of carbonyl (C=O) groups is 1. The summed E-state index contributed by atoms with van der Waals surface area (Å²) in [5, 5.41) is 0. The van der Waals surface area contributed by atoms with Crippen LogP contribution in [-0.2, 0) is 4.79 Å². The lowest BCUT2D eigenvalue weighted by Crippen LogP contribution is -2.56. The van der Waals surface area contributed by atoms with Crippen molar-refractivity contribution in [2.45, 2.75) is 72.6 Å². The summed E-state index contributed by atoms with van der Waals surface area (Å²) < 4.78 is 0. The van der Waals surface area contributed by atoms with Gasteiger partial charge in [0, 0.05) is 12.3 Å². The van der Waals surface area contributed by atoms with Crippen LogP contribution >= 0.6 is 0 Å². The van der Waals surface area contributed by atoms with Crippen molar-refractivity contribution < 1.29 is 4.79 Å². The zero-order valence-electron chi connectivity index (χ0n) is 14.4. The molecule has 1 heteroatoms. The molecule has 118 valence electrons. The van der Waals surface area contributed by atoms with Gasteiger partial charge in [0.1, 0.15) is 5.78 Å². The van der Waals surface area contributed by atoms with Gasteiger partial charge in [-0.05, 0) is 60.2 Å². The van der Waals surface area contributed by atoms with E-state index in [-0.39, 0.29) is 5.41 Å². The molecular formula is C20H32O. The van der Waals surface area contributed by atoms with Gasteiger partial charge >= 0.3 is 0 Å². The summed E-state index contributed by atoms with van der Waals surface area (Å²) in [5.74, 6) is 2.08. The molecule has 0 saturated heterocycles. The molecule has 0 aromatic heterocycles. The molecule has 0 heterocycles. The van der Waals surface area contributed by atoms with Crippen LogP contribution in [0, 0.1) is 34.0 Å². The molecule has 3 aliphatic carbocycles. The quantitative estimate of drug-likeness (QED) is 0.590. The fourth-order valence-electron chi connectivity index (χ4n) is 6.22. The predicted molar refractivity (Wildman–Crippen MR) is 88.0 cm³/mol. The van der Waals surface area contributed by atoms with Gasteiger partial charge in [0.05, 0.1) is 0 Å². The van der Waals surface area contributed by atoms with E-state index in [4.69, 9.17) is 0 Å². The van der Waals surface area contributed by atoms with Crippen LogP contribution in [0.3, 0.4) is 0 Å². The number of hydrogen-bond acceptors (Lipinski definition) is 1. The molecule has 3 rings (SSSR count). The molecule has 3 fully saturated rings. The van der Waals surface area contributed by atoms with Gasteiger partial charge in [0.15, 0.2) is 0 Å². The van der Waals surface area contributed by atoms with Gasteiger partial charge in [0.2, 0.25) is 0 Å². The van der Waals surface area contributed by atoms with Crippen LogP contribution in [0.15, 0.2) is 12.7 Å². The predicted octanol–water partition coefficient (Wildman–Crippen LogP) is 5.40. The largest absolute Gasteiger partial charge is 0.299 e. The van der Waals surface area contributed by atoms with Crippen LogP contribution in [0.4, 0.5) is 0 Å². The maximum absolute atomic E-state index is 12.9. The Morgan fingerprint density at radius 2 is 1.86 bits per heavy atom. The minimum absolute atomic E-state index is 0.185. The van der Waals surface area contributed by atoms with Crippen molar-refractivity contribution in [1.82, 2.24) is 0 Å². The van der Waals surface area contributed by atoms with E-state index in [2.05, 4.69) is 40.3 Å². The summed E-state index contributed by atoms with van der Waals surface area (Å²) in [6.45, 7) is 13.6. The summed E-state index contributed by atoms with van der Waals surface area (Å²) in [5.41, 5.74) is 0.917. The minimum atomic E-state index is 0.185. The maximum Gasteiger partial charge on any atom is 0.136 e. The molecule has 0 aromatic carbocycles. The molecule has 0 N–H and O–H groups in total. The highest BCUT2D eigenvalue weighted by Crippen LogP contribution is 2.64. The lowest BCUT2D eigenvalue weighted by molar-refractivity contribution is -0.156. The van der Waals surface area contributed by atoms with Gasteiger partial charge in [-0.15, -0.1) is 6.58 Å². The van der Waals surface area contributed by atoms with E-state index in [1.165, 1.54) is 32.1 Å². The van der Waals surface area contributed by atoms with Crippen molar-refractivity contribution >= 4 is 5.78 Å². The smallest absolute Gasteiger partial charge is 0.136 e. The SMILES string of the molecule is C=C[C@]1(C)CC[C@H]2[C@H](C1)C(=O)CC1C(C)(C)CCC[C@@]12C. The van der Waals surface area contributed by atoms with Crippen LogP contribution in [0.1, 0.15) is 72.6 Å². The number of rotatable bonds is 1. The third kappa shape index (κ3) is 2.23. The maximum atomic E-state index is 12.9. The summed E-state index contributed by atoms with van der Waals surface area (Å²) in [6.07, 6.45) is 10.4. The first-order chi connectivity index (χ1) is 9.72. The van der Waals surface area contributed by atoms with Gasteiger partial charge < -0.3 is 0 Å². The molecule has 1 unspecified atom stereocenters. The number of Topliss-reactive ketones (excluding diaryl/α,β-unsaturated/α-hetero) is 1. The summed E-state index contributed by atoms with van der Waals surface area (Å²) in [7, 11) is 0. The normalized spacial score (nSPS) is 49.1. The molecular weight excluding hydrogens is 256 g/mol. The zero-order valence-corrected chi connectivity index (χ0v) is 14.4. The van der Waals surface area contributed by atoms with Crippen LogP contribution in [0.5, 0.6) is 0 Å². The van der Waals surface area contributed by atoms with Gasteiger partial charge in [-0.3, -0.25) is 4.79 Å². The average Bonchev–Trinajstić information content (AvgIpc) is 2.41. The van der Waals surface area contributed by atoms with E-state index >= 15 is 0 Å². The molecule has 0 aromatic rings. The number of fused-ring (bicyclic) bond motifs is 3. The first-order valence-electron chi connectivity index (χ1n) is 8.88. The van der Waals surface area contributed by atoms with Gasteiger partial charge in [0.25, 0.3) is 0 Å². The van der Waals surface area contributed by atoms with E-state index in [1.807, 2.05) is 0 Å². The van der Waals surface area contributed by atoms with E-state index in [0.717, 1.165) is 12.8 Å². The Kier molecular flexibility index (Phi) is 3.43. The lowest BCUT2D eigenvalue weighted by atomic mass is 9.43. The van der Waals surface area contributed by atoms with Crippen molar-refractivity contribution in [3.63, 3.8) is 0 Å². The number of allylic oxidation sites excluding steroid dienone is 1. The van der Waals surface area contributed by atoms with Crippen LogP contribution in [0.25, 0.3) is 0 Å². The van der Waals surface area contributed by atoms with Crippen molar-refractivity contribution in [3.8, 4) is 0 Å². The van der Waals surface area contributed by atoms with E-state index < -0.39 is 0 Å². The highest BCUT2D eigenvalue weighted by molar-refractivity contribution is 5.83. The summed E-state index contributed by atoms with van der Waals surface area (Å²) in [4.78, 5) is 12.9. The fraction of sp³-hybridized carbons (Fsp3) is 0.850. The minimum Gasteiger partial charge on any atom is -0.299 e.